The van der Waals surface area contributed by atoms with Crippen LogP contribution in [0, 0.1) is 23.7 Å². The van der Waals surface area contributed by atoms with E-state index < -0.39 is 0 Å². The molecule has 0 aromatic heterocycles. The van der Waals surface area contributed by atoms with Gasteiger partial charge in [-0.25, -0.2) is 0 Å². The van der Waals surface area contributed by atoms with Crippen LogP contribution in [-0.2, 0) is 0 Å². The maximum Gasteiger partial charge on any atom is -0.0383 e. The van der Waals surface area contributed by atoms with Crippen LogP contribution in [0.3, 0.4) is 0 Å². The van der Waals surface area contributed by atoms with Crippen molar-refractivity contribution in [2.24, 2.45) is 23.7 Å². The molecule has 2 rings (SSSR count). The minimum absolute atomic E-state index is 1.02. The van der Waals surface area contributed by atoms with Gasteiger partial charge in [0, 0.05) is 0 Å². The molecular weight excluding hydrogens is 144 g/mol. The molecule has 0 spiro atoms. The van der Waals surface area contributed by atoms with Crippen LogP contribution in [0.2, 0.25) is 0 Å². The topological polar surface area (TPSA) is 0 Å². The van der Waals surface area contributed by atoms with E-state index in [0.29, 0.717) is 0 Å². The Morgan fingerprint density at radius 3 is 1.83 bits per heavy atom. The number of rotatable bonds is 0. The molecule has 0 aromatic carbocycles. The Bertz CT molecular complexity index is 134. The van der Waals surface area contributed by atoms with Gasteiger partial charge in [0.05, 0.1) is 0 Å². The summed E-state index contributed by atoms with van der Waals surface area (Å²) in [7, 11) is 0. The Hall–Kier alpha value is 0. The summed E-state index contributed by atoms with van der Waals surface area (Å²) in [4.78, 5) is 0. The van der Waals surface area contributed by atoms with Crippen LogP contribution in [0.4, 0.5) is 0 Å². The highest BCUT2D eigenvalue weighted by Gasteiger charge is 2.34. The summed E-state index contributed by atoms with van der Waals surface area (Å²) in [6, 6.07) is 0. The summed E-state index contributed by atoms with van der Waals surface area (Å²) in [5.41, 5.74) is 0. The predicted octanol–water partition coefficient (Wildman–Crippen LogP) is 3.86. The normalized spacial score (nSPS) is 48.5. The number of hydrogen-bond donors (Lipinski definition) is 0. The Morgan fingerprint density at radius 2 is 1.33 bits per heavy atom. The highest BCUT2D eigenvalue weighted by Crippen LogP contribution is 2.44. The first-order chi connectivity index (χ1) is 5.77. The monoisotopic (exact) mass is 166 g/mol. The SMILES string of the molecule is CC1CC2CCCCC(C1)C2C. The van der Waals surface area contributed by atoms with Gasteiger partial charge in [0.25, 0.3) is 0 Å². The molecule has 0 aliphatic heterocycles. The highest BCUT2D eigenvalue weighted by molar-refractivity contribution is 4.84. The fraction of sp³-hybridized carbons (Fsp3) is 1.00. The van der Waals surface area contributed by atoms with Gasteiger partial charge in [-0.3, -0.25) is 0 Å². The maximum atomic E-state index is 2.51. The molecule has 0 nitrogen and oxygen atoms in total. The minimum Gasteiger partial charge on any atom is -0.0625 e. The zero-order chi connectivity index (χ0) is 8.55. The van der Waals surface area contributed by atoms with Gasteiger partial charge in [-0.15, -0.1) is 0 Å². The van der Waals surface area contributed by atoms with E-state index in [0.717, 1.165) is 23.7 Å². The Labute approximate surface area is 76.7 Å². The molecule has 2 saturated carbocycles. The van der Waals surface area contributed by atoms with Crippen molar-refractivity contribution in [1.82, 2.24) is 0 Å². The Balaban J connectivity index is 2.08. The molecule has 2 unspecified atom stereocenters. The third kappa shape index (κ3) is 1.53. The first kappa shape index (κ1) is 8.59. The van der Waals surface area contributed by atoms with Crippen molar-refractivity contribution < 1.29 is 0 Å². The van der Waals surface area contributed by atoms with Crippen LogP contribution in [0.25, 0.3) is 0 Å². The molecule has 0 amide bonds. The molecule has 12 heavy (non-hydrogen) atoms. The Morgan fingerprint density at radius 1 is 0.833 bits per heavy atom. The summed E-state index contributed by atoms with van der Waals surface area (Å²) < 4.78 is 0. The second-order valence-electron chi connectivity index (χ2n) is 5.24. The molecule has 70 valence electrons. The van der Waals surface area contributed by atoms with Crippen LogP contribution >= 0.6 is 0 Å². The van der Waals surface area contributed by atoms with Gasteiger partial charge in [0.2, 0.25) is 0 Å². The fourth-order valence-electron chi connectivity index (χ4n) is 3.52. The van der Waals surface area contributed by atoms with E-state index in [1.807, 2.05) is 0 Å². The summed E-state index contributed by atoms with van der Waals surface area (Å²) >= 11 is 0. The first-order valence-electron chi connectivity index (χ1n) is 5.77. The maximum absolute atomic E-state index is 2.51. The summed E-state index contributed by atoms with van der Waals surface area (Å²) in [5, 5.41) is 0. The molecule has 0 N–H and O–H groups in total. The third-order valence-corrected chi connectivity index (χ3v) is 4.30. The molecule has 2 atom stereocenters. The lowest BCUT2D eigenvalue weighted by Crippen LogP contribution is -2.28. The van der Waals surface area contributed by atoms with E-state index >= 15 is 0 Å². The second-order valence-corrected chi connectivity index (χ2v) is 5.24. The average Bonchev–Trinajstić information content (AvgIpc) is 2.19. The largest absolute Gasteiger partial charge is 0.0625 e. The van der Waals surface area contributed by atoms with E-state index in [1.54, 1.807) is 0 Å². The minimum atomic E-state index is 1.02. The second kappa shape index (κ2) is 3.40. The van der Waals surface area contributed by atoms with Gasteiger partial charge in [-0.05, 0) is 36.5 Å². The zero-order valence-corrected chi connectivity index (χ0v) is 8.55. The van der Waals surface area contributed by atoms with Gasteiger partial charge < -0.3 is 0 Å². The van der Waals surface area contributed by atoms with Crippen molar-refractivity contribution in [3.05, 3.63) is 0 Å². The van der Waals surface area contributed by atoms with Gasteiger partial charge in [0.15, 0.2) is 0 Å². The predicted molar refractivity (Wildman–Crippen MR) is 53.0 cm³/mol. The van der Waals surface area contributed by atoms with Gasteiger partial charge in [-0.1, -0.05) is 39.5 Å². The molecule has 2 aliphatic carbocycles. The quantitative estimate of drug-likeness (QED) is 0.512. The van der Waals surface area contributed by atoms with Crippen molar-refractivity contribution >= 4 is 0 Å². The smallest absolute Gasteiger partial charge is 0.0383 e. The van der Waals surface area contributed by atoms with E-state index in [4.69, 9.17) is 0 Å². The number of hydrogen-bond acceptors (Lipinski definition) is 0. The molecule has 2 bridgehead atoms. The van der Waals surface area contributed by atoms with Crippen molar-refractivity contribution in [3.8, 4) is 0 Å². The molecule has 0 heteroatoms. The molecule has 0 radical (unpaired) electrons. The van der Waals surface area contributed by atoms with Gasteiger partial charge >= 0.3 is 0 Å². The molecule has 0 aromatic rings. The standard InChI is InChI=1S/C12H22/c1-9-7-11-5-3-4-6-12(8-9)10(11)2/h9-12H,3-8H2,1-2H3. The average molecular weight is 166 g/mol. The molecule has 2 aliphatic rings. The third-order valence-electron chi connectivity index (χ3n) is 4.30. The van der Waals surface area contributed by atoms with Crippen LogP contribution < -0.4 is 0 Å². The van der Waals surface area contributed by atoms with Crippen molar-refractivity contribution in [2.75, 3.05) is 0 Å². The Kier molecular flexibility index (Phi) is 2.43. The summed E-state index contributed by atoms with van der Waals surface area (Å²) in [6.07, 6.45) is 9.13. The van der Waals surface area contributed by atoms with Crippen molar-refractivity contribution in [1.29, 1.82) is 0 Å². The van der Waals surface area contributed by atoms with Crippen LogP contribution in [-0.4, -0.2) is 0 Å². The van der Waals surface area contributed by atoms with Crippen molar-refractivity contribution in [2.45, 2.75) is 52.4 Å². The van der Waals surface area contributed by atoms with E-state index in [-0.39, 0.29) is 0 Å². The zero-order valence-electron chi connectivity index (χ0n) is 8.55. The van der Waals surface area contributed by atoms with E-state index in [1.165, 1.54) is 38.5 Å². The highest BCUT2D eigenvalue weighted by atomic mass is 14.4. The van der Waals surface area contributed by atoms with E-state index in [2.05, 4.69) is 13.8 Å². The molecule has 0 heterocycles. The molecule has 0 saturated heterocycles. The lowest BCUT2D eigenvalue weighted by Gasteiger charge is -2.37. The summed E-state index contributed by atoms with van der Waals surface area (Å²) in [5.74, 6) is 4.24. The summed E-state index contributed by atoms with van der Waals surface area (Å²) in [6.45, 7) is 4.96. The van der Waals surface area contributed by atoms with Crippen LogP contribution in [0.15, 0.2) is 0 Å². The van der Waals surface area contributed by atoms with Crippen LogP contribution in [0.5, 0.6) is 0 Å². The molecular formula is C12H22. The lowest BCUT2D eigenvalue weighted by atomic mass is 9.68. The molecule has 2 fully saturated rings. The van der Waals surface area contributed by atoms with Gasteiger partial charge in [-0.2, -0.15) is 0 Å². The van der Waals surface area contributed by atoms with Crippen molar-refractivity contribution in [3.63, 3.8) is 0 Å². The number of fused-ring (bicyclic) bond motifs is 2. The lowest BCUT2D eigenvalue weighted by molar-refractivity contribution is 0.130. The van der Waals surface area contributed by atoms with E-state index in [9.17, 15) is 0 Å². The van der Waals surface area contributed by atoms with Gasteiger partial charge in [0.1, 0.15) is 0 Å². The van der Waals surface area contributed by atoms with Crippen LogP contribution in [0.1, 0.15) is 52.4 Å². The fourth-order valence-corrected chi connectivity index (χ4v) is 3.52. The first-order valence-corrected chi connectivity index (χ1v) is 5.77.